The minimum absolute atomic E-state index is 0.0139. The van der Waals surface area contributed by atoms with Crippen molar-refractivity contribution >= 4 is 54.7 Å². The van der Waals surface area contributed by atoms with Gasteiger partial charge in [-0.2, -0.15) is 0 Å². The van der Waals surface area contributed by atoms with Gasteiger partial charge < -0.3 is 46.7 Å². The predicted octanol–water partition coefficient (Wildman–Crippen LogP) is 11.0. The normalized spacial score (nSPS) is 29.8. The first-order chi connectivity index (χ1) is 38.7. The zero-order chi connectivity index (χ0) is 55.7. The highest BCUT2D eigenvalue weighted by atomic mass is 33.1. The van der Waals surface area contributed by atoms with E-state index in [0.29, 0.717) is 72.5 Å². The van der Waals surface area contributed by atoms with E-state index in [1.807, 2.05) is 31.2 Å². The van der Waals surface area contributed by atoms with Crippen molar-refractivity contribution in [2.45, 2.75) is 118 Å². The summed E-state index contributed by atoms with van der Waals surface area (Å²) in [6.45, 7) is 2.15. The van der Waals surface area contributed by atoms with Crippen molar-refractivity contribution < 1.29 is 39.9 Å². The molecule has 11 nitrogen and oxygen atoms in total. The van der Waals surface area contributed by atoms with Gasteiger partial charge in [0.1, 0.15) is 5.75 Å². The lowest BCUT2D eigenvalue weighted by Gasteiger charge is -2.39. The summed E-state index contributed by atoms with van der Waals surface area (Å²) in [6.07, 6.45) is 14.7. The zero-order valence-electron chi connectivity index (χ0n) is 45.2. The Bertz CT molecular complexity index is 3240. The van der Waals surface area contributed by atoms with Gasteiger partial charge in [0.05, 0.1) is 42.8 Å². The van der Waals surface area contributed by atoms with Crippen LogP contribution in [0.1, 0.15) is 136 Å². The third kappa shape index (κ3) is 12.0. The van der Waals surface area contributed by atoms with Gasteiger partial charge >= 0.3 is 0 Å². The number of carbonyl (C=O) groups excluding carboxylic acids is 2. The number of nitrogens with two attached hydrogens (primary N) is 2. The van der Waals surface area contributed by atoms with Crippen LogP contribution in [0.5, 0.6) is 17.2 Å². The van der Waals surface area contributed by atoms with Crippen LogP contribution in [0.25, 0.3) is 0 Å². The maximum atomic E-state index is 14.4. The molecule has 13 bridgehead atoms. The fourth-order valence-electron chi connectivity index (χ4n) is 14.2. The number of aromatic nitrogens is 1. The number of Topliss-reactive ketones (excluding diaryl/α,β-unsaturated/α-hetero) is 1. The third-order valence-corrected chi connectivity index (χ3v) is 23.7. The van der Waals surface area contributed by atoms with Crippen LogP contribution in [0.2, 0.25) is 0 Å². The molecule has 420 valence electrons. The van der Waals surface area contributed by atoms with E-state index in [2.05, 4.69) is 65.4 Å². The summed E-state index contributed by atoms with van der Waals surface area (Å²) < 4.78 is 6.25. The molecule has 80 heavy (non-hydrogen) atoms. The lowest BCUT2D eigenvalue weighted by atomic mass is 9.66. The Labute approximate surface area is 485 Å². The number of rotatable bonds is 4. The highest BCUT2D eigenvalue weighted by Crippen LogP contribution is 2.63. The maximum Gasteiger partial charge on any atom is 0.165 e. The van der Waals surface area contributed by atoms with Crippen molar-refractivity contribution in [3.63, 3.8) is 0 Å². The molecule has 1 spiro atoms. The molecule has 4 aromatic carbocycles. The topological polar surface area (TPSA) is 212 Å². The molecule has 0 amide bonds. The van der Waals surface area contributed by atoms with Crippen LogP contribution in [0.4, 0.5) is 0 Å². The summed E-state index contributed by atoms with van der Waals surface area (Å²) >= 11 is 0. The first-order valence-corrected chi connectivity index (χ1v) is 33.2. The standard InChI is InChI=1S/C65H73N3O8S4/c1-38(70)23-43-28-47-12-16-62(80-79-35-45-27-44(43)26-41-5-2-3-7-50(41)56(45)33-69)65(75)37-64(47)20-17-49(71)13-9-39-11-15-59(73)61(25-39)76-22-19-40-10-14-58(72)55(24-40)54-31-60(74)51-18-21-68-57(51)8-4-6-42-29-53(63(66)67)46(30-52(42)54)34-77-78-36-48(65)32-64/h2-3,5,7,10-12,14-18,20-21,24-25,29-30,38,43-45,47-48,54,56,62-63,68-70,72-73,75H,8-9,13,19,22-23,26-28,31-37,66-67H2,1H3/b20-17+/t38-,43+,44-,45-,47-,48-,54+,56-,62+,64-,65+/m0/s1. The van der Waals surface area contributed by atoms with E-state index >= 15 is 0 Å². The molecule has 2 aliphatic heterocycles. The molecule has 11 atom stereocenters. The molecule has 1 saturated carbocycles. The minimum Gasteiger partial charge on any atom is -0.508 e. The maximum absolute atomic E-state index is 14.4. The number of ether oxygens (including phenoxy) is 1. The number of benzene rings is 4. The predicted molar refractivity (Wildman–Crippen MR) is 324 cm³/mol. The molecule has 1 fully saturated rings. The number of phenols is 2. The minimum atomic E-state index is -1.14. The van der Waals surface area contributed by atoms with Crippen LogP contribution in [0, 0.1) is 46.8 Å². The number of hydrogen-bond acceptors (Lipinski definition) is 14. The van der Waals surface area contributed by atoms with Gasteiger partial charge in [-0.3, -0.25) is 9.59 Å². The van der Waals surface area contributed by atoms with Crippen LogP contribution >= 0.6 is 43.2 Å². The second-order valence-corrected chi connectivity index (χ2v) is 28.5. The van der Waals surface area contributed by atoms with Crippen molar-refractivity contribution in [2.24, 2.45) is 46.5 Å². The Balaban J connectivity index is 0.985. The summed E-state index contributed by atoms with van der Waals surface area (Å²) in [5.41, 5.74) is 20.7. The van der Waals surface area contributed by atoms with Gasteiger partial charge in [0, 0.05) is 76.9 Å². The molecule has 0 saturated heterocycles. The van der Waals surface area contributed by atoms with E-state index in [9.17, 15) is 35.1 Å². The number of H-pyrrole nitrogens is 1. The molecular weight excluding hydrogens is 1080 g/mol. The molecular formula is C65H73N3O8S4. The van der Waals surface area contributed by atoms with Crippen LogP contribution < -0.4 is 16.2 Å². The van der Waals surface area contributed by atoms with Crippen molar-refractivity contribution in [1.82, 2.24) is 4.98 Å². The Morgan fingerprint density at radius 3 is 2.50 bits per heavy atom. The van der Waals surface area contributed by atoms with Crippen LogP contribution in [0.3, 0.4) is 0 Å². The van der Waals surface area contributed by atoms with Crippen molar-refractivity contribution in [2.75, 3.05) is 24.7 Å². The summed E-state index contributed by atoms with van der Waals surface area (Å²) in [4.78, 5) is 31.9. The van der Waals surface area contributed by atoms with Gasteiger partial charge in [0.15, 0.2) is 23.1 Å². The number of nitrogens with one attached hydrogen (secondary N) is 1. The average molecular weight is 1150 g/mol. The molecule has 5 aromatic rings. The molecule has 0 radical (unpaired) electrons. The van der Waals surface area contributed by atoms with E-state index in [0.717, 1.165) is 58.5 Å². The van der Waals surface area contributed by atoms with E-state index in [1.54, 1.807) is 79.7 Å². The second kappa shape index (κ2) is 24.5. The largest absolute Gasteiger partial charge is 0.508 e. The summed E-state index contributed by atoms with van der Waals surface area (Å²) in [5, 5.41) is 58.5. The fourth-order valence-corrected chi connectivity index (χ4v) is 20.0. The number of phenolic OH excluding ortho intramolecular Hbond substituents is 2. The zero-order valence-corrected chi connectivity index (χ0v) is 48.5. The Kier molecular flexibility index (Phi) is 17.5. The molecule has 10 N–H and O–H groups in total. The quantitative estimate of drug-likeness (QED) is 0.0364. The average Bonchev–Trinajstić information content (AvgIpc) is 3.98. The molecule has 15 heteroatoms. The molecule has 6 aliphatic rings. The lowest BCUT2D eigenvalue weighted by Crippen LogP contribution is -2.43. The molecule has 11 rings (SSSR count). The first kappa shape index (κ1) is 57.0. The van der Waals surface area contributed by atoms with Gasteiger partial charge in [0.25, 0.3) is 0 Å². The Morgan fingerprint density at radius 2 is 1.68 bits per heavy atom. The van der Waals surface area contributed by atoms with Gasteiger partial charge in [-0.15, -0.1) is 0 Å². The van der Waals surface area contributed by atoms with Gasteiger partial charge in [-0.1, -0.05) is 122 Å². The SMILES string of the molecule is C[C@H](O)C[C@@H]1C[C@@H]2C=C[C@@H](SSC[C@@H]3C[C@@H]1Cc1ccccc1[C@H]3CO)[C@@]1(O)C[C@@]23/C=C/C(=O)CCc2ccc(O)c(c2)OCCc2ccc(O)c(c2)[C@@H]2CC(=O)c4cc[nH]c4CC#Cc4cc(C(N)N)c(cc42)CSSC[C@@H]1C3. The summed E-state index contributed by atoms with van der Waals surface area (Å²) in [7, 11) is 6.92. The smallest absolute Gasteiger partial charge is 0.165 e. The number of hydrogen-bond donors (Lipinski definition) is 8. The number of aromatic amines is 1. The lowest BCUT2D eigenvalue weighted by molar-refractivity contribution is -0.114. The summed E-state index contributed by atoms with van der Waals surface area (Å²) in [6, 6.07) is 25.1. The molecule has 0 unspecified atom stereocenters. The van der Waals surface area contributed by atoms with Crippen molar-refractivity contribution in [1.29, 1.82) is 0 Å². The van der Waals surface area contributed by atoms with E-state index in [4.69, 9.17) is 16.2 Å². The fraction of sp³-hybridized carbons (Fsp3) is 0.446. The van der Waals surface area contributed by atoms with E-state index in [-0.39, 0.29) is 89.9 Å². The number of aryl methyl sites for hydroxylation is 1. The summed E-state index contributed by atoms with van der Waals surface area (Å²) in [5.74, 6) is 8.64. The monoisotopic (exact) mass is 1150 g/mol. The number of aromatic hydroxyl groups is 2. The highest BCUT2D eigenvalue weighted by Gasteiger charge is 2.60. The molecule has 1 aromatic heterocycles. The Hall–Kier alpha value is -4.86. The Morgan fingerprint density at radius 1 is 0.850 bits per heavy atom. The van der Waals surface area contributed by atoms with Crippen molar-refractivity contribution in [3.8, 4) is 29.1 Å². The number of aliphatic hydroxyl groups excluding tert-OH is 2. The number of carbonyl (C=O) groups is 2. The number of allylic oxidation sites excluding steroid dienone is 3. The van der Waals surface area contributed by atoms with Crippen LogP contribution in [-0.4, -0.2) is 83.8 Å². The molecule has 3 heterocycles. The number of aliphatic hydroxyl groups is 3. The van der Waals surface area contributed by atoms with E-state index < -0.39 is 29.2 Å². The van der Waals surface area contributed by atoms with Gasteiger partial charge in [0.2, 0.25) is 0 Å². The van der Waals surface area contributed by atoms with E-state index in [1.165, 1.54) is 11.1 Å². The molecule has 4 aliphatic carbocycles. The van der Waals surface area contributed by atoms with Crippen molar-refractivity contribution in [3.05, 3.63) is 171 Å². The second-order valence-electron chi connectivity index (χ2n) is 23.5. The van der Waals surface area contributed by atoms with Gasteiger partial charge in [-0.25, -0.2) is 0 Å². The third-order valence-electron chi connectivity index (χ3n) is 18.3. The number of fused-ring (bicyclic) bond motifs is 16. The number of ketones is 2. The first-order valence-electron chi connectivity index (χ1n) is 28.3. The van der Waals surface area contributed by atoms with Crippen LogP contribution in [0.15, 0.2) is 109 Å². The van der Waals surface area contributed by atoms with Gasteiger partial charge in [-0.05, 0) is 162 Å². The highest BCUT2D eigenvalue weighted by molar-refractivity contribution is 8.77. The van der Waals surface area contributed by atoms with Crippen LogP contribution in [-0.2, 0) is 36.2 Å².